The van der Waals surface area contributed by atoms with E-state index in [1.165, 1.54) is 113 Å². The molecular weight excluding hydrogens is 653 g/mol. The van der Waals surface area contributed by atoms with E-state index in [-0.39, 0.29) is 43.2 Å². The molecule has 0 aliphatic rings. The van der Waals surface area contributed by atoms with Crippen LogP contribution in [0.3, 0.4) is 0 Å². The van der Waals surface area contributed by atoms with Gasteiger partial charge in [0.2, 0.25) is 5.95 Å². The second-order valence-electron chi connectivity index (χ2n) is 12.8. The molecule has 12 nitrogen and oxygen atoms in total. The molecule has 0 radical (unpaired) electrons. The molecular formula is C34H64N5O7PS. The van der Waals surface area contributed by atoms with Gasteiger partial charge < -0.3 is 20.1 Å². The first-order valence-corrected chi connectivity index (χ1v) is 20.9. The summed E-state index contributed by atoms with van der Waals surface area (Å²) in [4.78, 5) is 32.6. The summed E-state index contributed by atoms with van der Waals surface area (Å²) in [5.74, 6) is 1.14. The molecule has 4 atom stereocenters. The first-order valence-electron chi connectivity index (χ1n) is 18.3. The third-order valence-electron chi connectivity index (χ3n) is 8.33. The number of H-pyrrole nitrogens is 1. The Kier molecular flexibility index (Phi) is 22.7. The number of ether oxygens (including phenoxy) is 2. The van der Waals surface area contributed by atoms with Crippen molar-refractivity contribution in [1.29, 1.82) is 0 Å². The van der Waals surface area contributed by atoms with Crippen LogP contribution in [0.2, 0.25) is 0 Å². The van der Waals surface area contributed by atoms with Crippen molar-refractivity contribution >= 4 is 36.7 Å². The van der Waals surface area contributed by atoms with Crippen LogP contribution in [0.25, 0.3) is 11.2 Å². The van der Waals surface area contributed by atoms with Crippen molar-refractivity contribution < 1.29 is 28.0 Å². The fraction of sp³-hybridized carbons (Fsp3) is 0.853. The quantitative estimate of drug-likeness (QED) is 0.0507. The number of rotatable bonds is 31. The van der Waals surface area contributed by atoms with E-state index in [9.17, 15) is 14.3 Å². The highest BCUT2D eigenvalue weighted by atomic mass is 32.2. The van der Waals surface area contributed by atoms with E-state index in [1.54, 1.807) is 6.92 Å². The summed E-state index contributed by atoms with van der Waals surface area (Å²) in [6.07, 6.45) is 22.5. The maximum atomic E-state index is 12.4. The van der Waals surface area contributed by atoms with Crippen molar-refractivity contribution in [2.75, 3.05) is 31.3 Å². The Hall–Kier alpha value is -1.47. The maximum Gasteiger partial charge on any atom is 0.472 e. The highest BCUT2D eigenvalue weighted by molar-refractivity contribution is 7.99. The average Bonchev–Trinajstić information content (AvgIpc) is 3.47. The number of imidazole rings is 1. The summed E-state index contributed by atoms with van der Waals surface area (Å²) < 4.78 is 36.1. The second kappa shape index (κ2) is 25.5. The van der Waals surface area contributed by atoms with Gasteiger partial charge in [-0.1, -0.05) is 104 Å². The summed E-state index contributed by atoms with van der Waals surface area (Å²) in [6, 6.07) is 0. The molecule has 2 aromatic rings. The fourth-order valence-corrected chi connectivity index (χ4v) is 7.59. The molecule has 0 spiro atoms. The molecule has 48 heavy (non-hydrogen) atoms. The molecule has 4 unspecified atom stereocenters. The second-order valence-corrected chi connectivity index (χ2v) is 15.6. The number of aromatic amines is 1. The molecule has 2 aromatic heterocycles. The SMILES string of the molecule is CCCCCCCCCCCCSC(CCCCCCC)C(C)OCCCOP(=O)(O)OCC(C)OCn1cnc2c(=O)[nH]c(N)nc21. The molecule has 4 N–H and O–H groups in total. The van der Waals surface area contributed by atoms with E-state index in [0.29, 0.717) is 18.3 Å². The summed E-state index contributed by atoms with van der Waals surface area (Å²) in [5.41, 5.74) is 5.60. The molecule has 0 aliphatic heterocycles. The normalized spacial score (nSPS) is 15.1. The minimum atomic E-state index is -4.26. The van der Waals surface area contributed by atoms with Crippen LogP contribution in [0.5, 0.6) is 0 Å². The van der Waals surface area contributed by atoms with Crippen molar-refractivity contribution in [1.82, 2.24) is 19.5 Å². The minimum Gasteiger partial charge on any atom is -0.377 e. The molecule has 0 saturated carbocycles. The van der Waals surface area contributed by atoms with Crippen molar-refractivity contribution in [2.24, 2.45) is 0 Å². The standard InChI is InChI=1S/C34H64N5O7PS/c1-5-7-9-11-12-13-14-15-17-19-24-48-30(21-18-16-10-8-6-2)29(4)43-22-20-23-45-47(41,42)46-25-28(3)44-27-39-26-36-31-32(39)37-34(35)38-33(31)40/h26,28-30H,5-25,27H2,1-4H3,(H,41,42)(H3,35,37,38,40). The van der Waals surface area contributed by atoms with Gasteiger partial charge in [-0.05, 0) is 38.9 Å². The predicted octanol–water partition coefficient (Wildman–Crippen LogP) is 8.38. The molecule has 0 aliphatic carbocycles. The van der Waals surface area contributed by atoms with Crippen molar-refractivity contribution in [3.05, 3.63) is 16.7 Å². The lowest BCUT2D eigenvalue weighted by Crippen LogP contribution is -2.25. The number of aromatic nitrogens is 4. The number of phosphoric acid groups is 1. The van der Waals surface area contributed by atoms with E-state index < -0.39 is 19.5 Å². The Morgan fingerprint density at radius 3 is 2.19 bits per heavy atom. The molecule has 0 saturated heterocycles. The minimum absolute atomic E-state index is 0.000302. The molecule has 2 rings (SSSR count). The highest BCUT2D eigenvalue weighted by Gasteiger charge is 2.23. The average molecular weight is 718 g/mol. The summed E-state index contributed by atoms with van der Waals surface area (Å²) in [5, 5.41) is 0.453. The summed E-state index contributed by atoms with van der Waals surface area (Å²) >= 11 is 2.05. The fourth-order valence-electron chi connectivity index (χ4n) is 5.40. The van der Waals surface area contributed by atoms with Crippen LogP contribution < -0.4 is 11.3 Å². The summed E-state index contributed by atoms with van der Waals surface area (Å²) in [6.45, 7) is 8.69. The predicted molar refractivity (Wildman–Crippen MR) is 196 cm³/mol. The van der Waals surface area contributed by atoms with E-state index >= 15 is 0 Å². The number of fused-ring (bicyclic) bond motifs is 1. The Morgan fingerprint density at radius 2 is 1.52 bits per heavy atom. The highest BCUT2D eigenvalue weighted by Crippen LogP contribution is 2.43. The van der Waals surface area contributed by atoms with E-state index in [4.69, 9.17) is 24.3 Å². The Morgan fingerprint density at radius 1 is 0.896 bits per heavy atom. The van der Waals surface area contributed by atoms with Gasteiger partial charge >= 0.3 is 7.82 Å². The molecule has 0 amide bonds. The number of anilines is 1. The van der Waals surface area contributed by atoms with Crippen LogP contribution in [0.15, 0.2) is 11.1 Å². The van der Waals surface area contributed by atoms with Crippen LogP contribution in [0, 0.1) is 0 Å². The number of unbranched alkanes of at least 4 members (excludes halogenated alkanes) is 13. The molecule has 14 heteroatoms. The Balaban J connectivity index is 1.63. The van der Waals surface area contributed by atoms with Crippen LogP contribution in [0.4, 0.5) is 5.95 Å². The van der Waals surface area contributed by atoms with Gasteiger partial charge in [-0.15, -0.1) is 0 Å². The van der Waals surface area contributed by atoms with Crippen LogP contribution in [-0.4, -0.2) is 67.4 Å². The van der Waals surface area contributed by atoms with Crippen molar-refractivity contribution in [2.45, 2.75) is 161 Å². The Bertz CT molecular complexity index is 1220. The lowest BCUT2D eigenvalue weighted by Gasteiger charge is -2.24. The number of phosphoric ester groups is 1. The van der Waals surface area contributed by atoms with Gasteiger partial charge in [-0.25, -0.2) is 9.55 Å². The van der Waals surface area contributed by atoms with Gasteiger partial charge in [0.05, 0.1) is 31.7 Å². The number of hydrogen-bond donors (Lipinski definition) is 3. The molecule has 278 valence electrons. The van der Waals surface area contributed by atoms with Crippen LogP contribution in [0.1, 0.15) is 137 Å². The number of nitrogens with zero attached hydrogens (tertiary/aromatic N) is 3. The third-order valence-corrected chi connectivity index (χ3v) is 10.9. The lowest BCUT2D eigenvalue weighted by atomic mass is 10.1. The van der Waals surface area contributed by atoms with Gasteiger partial charge in [-0.3, -0.25) is 23.4 Å². The van der Waals surface area contributed by atoms with Gasteiger partial charge in [0, 0.05) is 11.9 Å². The van der Waals surface area contributed by atoms with Gasteiger partial charge in [0.1, 0.15) is 6.73 Å². The van der Waals surface area contributed by atoms with Gasteiger partial charge in [-0.2, -0.15) is 16.7 Å². The number of nitrogens with two attached hydrogens (primary N) is 1. The molecule has 2 heterocycles. The zero-order valence-electron chi connectivity index (χ0n) is 30.0. The number of hydrogen-bond acceptors (Lipinski definition) is 10. The number of thioether (sulfide) groups is 1. The van der Waals surface area contributed by atoms with E-state index in [0.717, 1.165) is 6.42 Å². The smallest absolute Gasteiger partial charge is 0.377 e. The van der Waals surface area contributed by atoms with E-state index in [2.05, 4.69) is 47.5 Å². The first kappa shape index (κ1) is 42.7. The lowest BCUT2D eigenvalue weighted by molar-refractivity contribution is -0.0145. The maximum absolute atomic E-state index is 12.4. The zero-order valence-corrected chi connectivity index (χ0v) is 31.7. The number of nitrogens with one attached hydrogen (secondary N) is 1. The number of nitrogen functional groups attached to an aromatic ring is 1. The largest absolute Gasteiger partial charge is 0.472 e. The summed E-state index contributed by atoms with van der Waals surface area (Å²) in [7, 11) is -4.26. The monoisotopic (exact) mass is 717 g/mol. The Labute approximate surface area is 292 Å². The van der Waals surface area contributed by atoms with Crippen LogP contribution in [-0.2, 0) is 29.8 Å². The van der Waals surface area contributed by atoms with E-state index in [1.807, 2.05) is 0 Å². The zero-order chi connectivity index (χ0) is 35.0. The topological polar surface area (TPSA) is 164 Å². The van der Waals surface area contributed by atoms with Crippen molar-refractivity contribution in [3.63, 3.8) is 0 Å². The van der Waals surface area contributed by atoms with Gasteiger partial charge in [0.25, 0.3) is 5.56 Å². The molecule has 0 aromatic carbocycles. The molecule has 0 fully saturated rings. The third kappa shape index (κ3) is 18.5. The van der Waals surface area contributed by atoms with Crippen molar-refractivity contribution in [3.8, 4) is 0 Å². The van der Waals surface area contributed by atoms with Gasteiger partial charge in [0.15, 0.2) is 11.2 Å². The molecule has 0 bridgehead atoms. The first-order chi connectivity index (χ1) is 23.2. The van der Waals surface area contributed by atoms with Crippen LogP contribution >= 0.6 is 19.6 Å².